The Labute approximate surface area is 175 Å². The van der Waals surface area contributed by atoms with Gasteiger partial charge >= 0.3 is 0 Å². The van der Waals surface area contributed by atoms with Crippen LogP contribution in [0.2, 0.25) is 0 Å². The SMILES string of the molecule is CCNC(=NCCCN1CCCCCC1=O)N(C)Cc1cccn1C.I. The standard InChI is InChI=1S/C19H33N5O.HI/c1-4-20-19(23(3)16-17-10-8-13-22(17)2)21-12-9-15-24-14-7-5-6-11-18(24)25;/h8,10,13H,4-7,9,11-12,14-16H2,1-3H3,(H,20,21);1H. The van der Waals surface area contributed by atoms with Crippen LogP contribution in [0.5, 0.6) is 0 Å². The number of likely N-dealkylation sites (tertiary alicyclic amines) is 1. The van der Waals surface area contributed by atoms with E-state index >= 15 is 0 Å². The Hall–Kier alpha value is -1.25. The number of carbonyl (C=O) groups excluding carboxylic acids is 1. The Morgan fingerprint density at radius 1 is 1.35 bits per heavy atom. The largest absolute Gasteiger partial charge is 0.357 e. The van der Waals surface area contributed by atoms with Crippen molar-refractivity contribution in [2.75, 3.05) is 33.2 Å². The molecule has 1 fully saturated rings. The van der Waals surface area contributed by atoms with Gasteiger partial charge in [-0.05, 0) is 38.3 Å². The lowest BCUT2D eigenvalue weighted by Crippen LogP contribution is -2.39. The minimum absolute atomic E-state index is 0. The van der Waals surface area contributed by atoms with Gasteiger partial charge in [0.05, 0.1) is 6.54 Å². The lowest BCUT2D eigenvalue weighted by Gasteiger charge is -2.23. The van der Waals surface area contributed by atoms with E-state index in [9.17, 15) is 4.79 Å². The summed E-state index contributed by atoms with van der Waals surface area (Å²) in [6.45, 7) is 6.23. The Balaban J connectivity index is 0.00000338. The minimum Gasteiger partial charge on any atom is -0.357 e. The first-order chi connectivity index (χ1) is 12.1. The molecule has 0 atom stereocenters. The number of nitrogens with one attached hydrogen (secondary N) is 1. The molecule has 0 spiro atoms. The molecule has 1 saturated heterocycles. The zero-order valence-corrected chi connectivity index (χ0v) is 18.7. The lowest BCUT2D eigenvalue weighted by atomic mass is 10.2. The van der Waals surface area contributed by atoms with Gasteiger partial charge in [-0.1, -0.05) is 6.42 Å². The highest BCUT2D eigenvalue weighted by Gasteiger charge is 2.15. The molecule has 0 radical (unpaired) electrons. The molecule has 1 aliphatic rings. The second-order valence-corrected chi connectivity index (χ2v) is 6.75. The summed E-state index contributed by atoms with van der Waals surface area (Å²) in [7, 11) is 4.12. The van der Waals surface area contributed by atoms with Crippen molar-refractivity contribution >= 4 is 35.8 Å². The van der Waals surface area contributed by atoms with Gasteiger partial charge in [0.15, 0.2) is 5.96 Å². The van der Waals surface area contributed by atoms with Gasteiger partial charge in [-0.2, -0.15) is 0 Å². The molecule has 26 heavy (non-hydrogen) atoms. The molecule has 0 bridgehead atoms. The molecule has 148 valence electrons. The molecule has 1 aliphatic heterocycles. The lowest BCUT2D eigenvalue weighted by molar-refractivity contribution is -0.130. The quantitative estimate of drug-likeness (QED) is 0.286. The van der Waals surface area contributed by atoms with E-state index in [1.165, 1.54) is 12.1 Å². The molecule has 0 aromatic carbocycles. The molecule has 1 aromatic rings. The monoisotopic (exact) mass is 475 g/mol. The van der Waals surface area contributed by atoms with Gasteiger partial charge in [0.1, 0.15) is 0 Å². The molecule has 1 amide bonds. The zero-order chi connectivity index (χ0) is 18.1. The first kappa shape index (κ1) is 22.8. The van der Waals surface area contributed by atoms with Crippen LogP contribution in [0.1, 0.15) is 44.7 Å². The van der Waals surface area contributed by atoms with Crippen molar-refractivity contribution in [1.82, 2.24) is 19.7 Å². The van der Waals surface area contributed by atoms with Crippen LogP contribution in [0, 0.1) is 0 Å². The smallest absolute Gasteiger partial charge is 0.222 e. The fourth-order valence-electron chi connectivity index (χ4n) is 3.17. The zero-order valence-electron chi connectivity index (χ0n) is 16.4. The van der Waals surface area contributed by atoms with E-state index in [-0.39, 0.29) is 24.0 Å². The van der Waals surface area contributed by atoms with E-state index in [4.69, 9.17) is 4.99 Å². The molecule has 1 N–H and O–H groups in total. The van der Waals surface area contributed by atoms with E-state index < -0.39 is 0 Å². The summed E-state index contributed by atoms with van der Waals surface area (Å²) in [5.41, 5.74) is 1.25. The Kier molecular flexibility index (Phi) is 10.7. The second-order valence-electron chi connectivity index (χ2n) is 6.75. The Morgan fingerprint density at radius 2 is 2.15 bits per heavy atom. The van der Waals surface area contributed by atoms with E-state index in [0.717, 1.165) is 57.9 Å². The molecule has 6 nitrogen and oxygen atoms in total. The number of amides is 1. The number of hydrogen-bond acceptors (Lipinski definition) is 2. The summed E-state index contributed by atoms with van der Waals surface area (Å²) in [4.78, 5) is 20.9. The minimum atomic E-state index is 0. The van der Waals surface area contributed by atoms with Crippen LogP contribution in [0.3, 0.4) is 0 Å². The number of hydrogen-bond donors (Lipinski definition) is 1. The van der Waals surface area contributed by atoms with E-state index in [1.54, 1.807) is 0 Å². The molecule has 0 unspecified atom stereocenters. The van der Waals surface area contributed by atoms with Crippen molar-refractivity contribution in [3.05, 3.63) is 24.0 Å². The average Bonchev–Trinajstić information content (AvgIpc) is 2.87. The van der Waals surface area contributed by atoms with Gasteiger partial charge in [-0.3, -0.25) is 9.79 Å². The third kappa shape index (κ3) is 7.17. The first-order valence-electron chi connectivity index (χ1n) is 9.49. The van der Waals surface area contributed by atoms with Crippen molar-refractivity contribution in [3.8, 4) is 0 Å². The van der Waals surface area contributed by atoms with Crippen LogP contribution in [0.15, 0.2) is 23.3 Å². The Morgan fingerprint density at radius 3 is 2.85 bits per heavy atom. The van der Waals surface area contributed by atoms with Crippen molar-refractivity contribution in [3.63, 3.8) is 0 Å². The van der Waals surface area contributed by atoms with Crippen molar-refractivity contribution in [2.24, 2.45) is 12.0 Å². The molecule has 2 rings (SSSR count). The fourth-order valence-corrected chi connectivity index (χ4v) is 3.17. The van der Waals surface area contributed by atoms with Gasteiger partial charge in [-0.15, -0.1) is 24.0 Å². The first-order valence-corrected chi connectivity index (χ1v) is 9.49. The van der Waals surface area contributed by atoms with Gasteiger partial charge in [0.2, 0.25) is 5.91 Å². The fraction of sp³-hybridized carbons (Fsp3) is 0.684. The van der Waals surface area contributed by atoms with Crippen LogP contribution < -0.4 is 5.32 Å². The van der Waals surface area contributed by atoms with Crippen LogP contribution in [-0.2, 0) is 18.4 Å². The number of rotatable bonds is 7. The van der Waals surface area contributed by atoms with E-state index in [2.05, 4.69) is 54.1 Å². The Bertz CT molecular complexity index is 572. The number of carbonyl (C=O) groups is 1. The summed E-state index contributed by atoms with van der Waals surface area (Å²) in [6, 6.07) is 4.19. The van der Waals surface area contributed by atoms with Gasteiger partial charge in [-0.25, -0.2) is 0 Å². The molecule has 0 aliphatic carbocycles. The summed E-state index contributed by atoms with van der Waals surface area (Å²) < 4.78 is 2.13. The van der Waals surface area contributed by atoms with Gasteiger partial charge in [0, 0.05) is 58.6 Å². The molecule has 2 heterocycles. The molecule has 7 heteroatoms. The summed E-state index contributed by atoms with van der Waals surface area (Å²) >= 11 is 0. The third-order valence-corrected chi connectivity index (χ3v) is 4.67. The van der Waals surface area contributed by atoms with Gasteiger partial charge in [0.25, 0.3) is 0 Å². The number of aryl methyl sites for hydroxylation is 1. The topological polar surface area (TPSA) is 52.9 Å². The van der Waals surface area contributed by atoms with E-state index in [1.807, 2.05) is 4.90 Å². The predicted octanol–water partition coefficient (Wildman–Crippen LogP) is 2.83. The average molecular weight is 475 g/mol. The maximum Gasteiger partial charge on any atom is 0.222 e. The summed E-state index contributed by atoms with van der Waals surface area (Å²) in [5, 5.41) is 3.36. The maximum atomic E-state index is 12.0. The number of aliphatic imine (C=N–C) groups is 1. The predicted molar refractivity (Wildman–Crippen MR) is 118 cm³/mol. The maximum absolute atomic E-state index is 12.0. The number of guanidine groups is 1. The van der Waals surface area contributed by atoms with Crippen LogP contribution in [-0.4, -0.2) is 59.5 Å². The highest BCUT2D eigenvalue weighted by molar-refractivity contribution is 14.0. The summed E-state index contributed by atoms with van der Waals surface area (Å²) in [5.74, 6) is 1.24. The van der Waals surface area contributed by atoms with E-state index in [0.29, 0.717) is 12.3 Å². The van der Waals surface area contributed by atoms with Crippen molar-refractivity contribution in [2.45, 2.75) is 45.6 Å². The van der Waals surface area contributed by atoms with Crippen molar-refractivity contribution < 1.29 is 4.79 Å². The highest BCUT2D eigenvalue weighted by atomic mass is 127. The third-order valence-electron chi connectivity index (χ3n) is 4.67. The number of halogens is 1. The van der Waals surface area contributed by atoms with Crippen LogP contribution in [0.4, 0.5) is 0 Å². The van der Waals surface area contributed by atoms with Gasteiger partial charge < -0.3 is 19.7 Å². The molecule has 1 aromatic heterocycles. The number of nitrogens with zero attached hydrogens (tertiary/aromatic N) is 4. The van der Waals surface area contributed by atoms with Crippen molar-refractivity contribution in [1.29, 1.82) is 0 Å². The highest BCUT2D eigenvalue weighted by Crippen LogP contribution is 2.11. The molecular weight excluding hydrogens is 441 g/mol. The van der Waals surface area contributed by atoms with Crippen LogP contribution >= 0.6 is 24.0 Å². The second kappa shape index (κ2) is 12.2. The normalized spacial score (nSPS) is 15.4. The summed E-state index contributed by atoms with van der Waals surface area (Å²) in [6.07, 6.45) is 7.04. The van der Waals surface area contributed by atoms with Crippen LogP contribution in [0.25, 0.3) is 0 Å². The number of aromatic nitrogens is 1. The molecule has 0 saturated carbocycles. The molecular formula is C19H34IN5O.